The summed E-state index contributed by atoms with van der Waals surface area (Å²) in [7, 11) is 0. The van der Waals surface area contributed by atoms with Crippen molar-refractivity contribution in [2.75, 3.05) is 0 Å². The van der Waals surface area contributed by atoms with Crippen LogP contribution in [0, 0.1) is 0 Å². The molecular weight excluding hydrogens is 106 g/mol. The molecular formula is CHNa2O3+. The van der Waals surface area contributed by atoms with E-state index in [0.29, 0.717) is 0 Å². The molecule has 0 aromatic carbocycles. The molecule has 3 nitrogen and oxygen atoms in total. The fourth-order valence-corrected chi connectivity index (χ4v) is 0. The Balaban J connectivity index is -0.0000000150. The average Bonchev–Trinajstić information content (AvgIpc) is 0.811. The van der Waals surface area contributed by atoms with Crippen molar-refractivity contribution in [3.63, 3.8) is 0 Å². The summed E-state index contributed by atoms with van der Waals surface area (Å²) in [5.74, 6) is 0. The van der Waals surface area contributed by atoms with Crippen molar-refractivity contribution in [1.82, 2.24) is 0 Å². The van der Waals surface area contributed by atoms with Crippen LogP contribution >= 0.6 is 0 Å². The summed E-state index contributed by atoms with van der Waals surface area (Å²) >= 11 is 0. The zero-order valence-electron chi connectivity index (χ0n) is 4.72. The maximum absolute atomic E-state index is 8.33. The van der Waals surface area contributed by atoms with Gasteiger partial charge in [0.25, 0.3) is 0 Å². The third kappa shape index (κ3) is 59.6. The molecule has 5 heteroatoms. The number of carbonyl (C=O) groups is 1. The molecule has 0 saturated heterocycles. The molecule has 0 spiro atoms. The Morgan fingerprint density at radius 2 is 1.33 bits per heavy atom. The standard InChI is InChI=1S/CH2O3.2Na/c2-1(3)4;;/h(H2,2,3,4);;/q;2*+1/p-1. The van der Waals surface area contributed by atoms with Crippen molar-refractivity contribution in [2.45, 2.75) is 0 Å². The molecule has 0 aromatic rings. The Bertz CT molecular complexity index is 35.9. The Kier molecular flexibility index (Phi) is 25.0. The number of rotatable bonds is 0. The zero-order valence-corrected chi connectivity index (χ0v) is 7.72. The summed E-state index contributed by atoms with van der Waals surface area (Å²) in [5.41, 5.74) is 0. The van der Waals surface area contributed by atoms with Gasteiger partial charge in [0.1, 0.15) is 0 Å². The second kappa shape index (κ2) is 9.55. The van der Waals surface area contributed by atoms with E-state index < -0.39 is 6.16 Å². The molecule has 0 aliphatic rings. The van der Waals surface area contributed by atoms with E-state index in [0.717, 1.165) is 0 Å². The molecule has 0 bridgehead atoms. The van der Waals surface area contributed by atoms with E-state index in [1.165, 1.54) is 0 Å². The SMILES string of the molecule is O=C([O-])[O-].[H+].[Na+].[Na+]. The largest absolute Gasteiger partial charge is 1.00 e. The first-order chi connectivity index (χ1) is 1.73. The molecule has 0 radical (unpaired) electrons. The van der Waals surface area contributed by atoms with E-state index in [1.807, 2.05) is 0 Å². The van der Waals surface area contributed by atoms with Crippen molar-refractivity contribution in [2.24, 2.45) is 0 Å². The van der Waals surface area contributed by atoms with Crippen LogP contribution in [0.25, 0.3) is 0 Å². The van der Waals surface area contributed by atoms with Crippen molar-refractivity contribution in [3.8, 4) is 0 Å². The number of carboxylic acid groups (broad SMARTS) is 2. The van der Waals surface area contributed by atoms with Crippen LogP contribution in [-0.2, 0) is 0 Å². The fourth-order valence-electron chi connectivity index (χ4n) is 0. The van der Waals surface area contributed by atoms with Crippen LogP contribution in [0.5, 0.6) is 0 Å². The van der Waals surface area contributed by atoms with Gasteiger partial charge in [-0.05, 0) is 6.16 Å². The molecule has 0 fully saturated rings. The summed E-state index contributed by atoms with van der Waals surface area (Å²) in [4.78, 5) is 8.33. The van der Waals surface area contributed by atoms with Gasteiger partial charge in [-0.25, -0.2) is 0 Å². The average molecular weight is 107 g/mol. The second-order valence-electron chi connectivity index (χ2n) is 0.250. The van der Waals surface area contributed by atoms with Gasteiger partial charge in [0, 0.05) is 0 Å². The first-order valence-electron chi connectivity index (χ1n) is 0.612. The fraction of sp³-hybridized carbons (Fsp3) is 0. The van der Waals surface area contributed by atoms with Crippen LogP contribution in [-0.4, -0.2) is 6.16 Å². The first kappa shape index (κ1) is 15.7. The smallest absolute Gasteiger partial charge is 0.652 e. The summed E-state index contributed by atoms with van der Waals surface area (Å²) in [6, 6.07) is 0. The van der Waals surface area contributed by atoms with Crippen molar-refractivity contribution < 1.29 is 75.5 Å². The van der Waals surface area contributed by atoms with Gasteiger partial charge < -0.3 is 15.0 Å². The maximum atomic E-state index is 8.33. The van der Waals surface area contributed by atoms with Gasteiger partial charge in [-0.1, -0.05) is 0 Å². The number of carbonyl (C=O) groups excluding carboxylic acids is 1. The van der Waals surface area contributed by atoms with Gasteiger partial charge in [-0.15, -0.1) is 0 Å². The number of hydrogen-bond donors (Lipinski definition) is 0. The van der Waals surface area contributed by atoms with Crippen LogP contribution in [0.4, 0.5) is 4.79 Å². The predicted molar refractivity (Wildman–Crippen MR) is 6.51 cm³/mol. The van der Waals surface area contributed by atoms with Gasteiger partial charge in [0.05, 0.1) is 0 Å². The summed E-state index contributed by atoms with van der Waals surface area (Å²) in [6.45, 7) is 0. The van der Waals surface area contributed by atoms with E-state index >= 15 is 0 Å². The normalized spacial score (nSPS) is 4.00. The van der Waals surface area contributed by atoms with Crippen LogP contribution in [0.15, 0.2) is 0 Å². The van der Waals surface area contributed by atoms with Crippen molar-refractivity contribution >= 4 is 6.16 Å². The summed E-state index contributed by atoms with van der Waals surface area (Å²) in [6.07, 6.45) is -2.33. The zero-order chi connectivity index (χ0) is 3.58. The Morgan fingerprint density at radius 3 is 1.33 bits per heavy atom. The summed E-state index contributed by atoms with van der Waals surface area (Å²) in [5, 5.41) is 16.7. The Labute approximate surface area is 80.8 Å². The minimum Gasteiger partial charge on any atom is -0.652 e. The van der Waals surface area contributed by atoms with Gasteiger partial charge in [0.15, 0.2) is 0 Å². The molecule has 0 atom stereocenters. The van der Waals surface area contributed by atoms with Crippen LogP contribution in [0.3, 0.4) is 0 Å². The topological polar surface area (TPSA) is 63.2 Å². The van der Waals surface area contributed by atoms with Crippen LogP contribution in [0.2, 0.25) is 0 Å². The second-order valence-corrected chi connectivity index (χ2v) is 0.250. The van der Waals surface area contributed by atoms with Crippen molar-refractivity contribution in [3.05, 3.63) is 0 Å². The monoisotopic (exact) mass is 107 g/mol. The molecule has 0 saturated carbocycles. The molecule has 0 aliphatic carbocycles. The molecule has 6 heavy (non-hydrogen) atoms. The van der Waals surface area contributed by atoms with E-state index in [4.69, 9.17) is 15.0 Å². The minimum absolute atomic E-state index is 0. The predicted octanol–water partition coefficient (Wildman–Crippen LogP) is -8.33. The first-order valence-corrected chi connectivity index (χ1v) is 0.612. The van der Waals surface area contributed by atoms with E-state index in [9.17, 15) is 0 Å². The Hall–Kier alpha value is 1.27. The quantitative estimate of drug-likeness (QED) is 0.289. The van der Waals surface area contributed by atoms with Crippen LogP contribution in [0.1, 0.15) is 1.43 Å². The third-order valence-electron chi connectivity index (χ3n) is 0. The molecule has 24 valence electrons. The van der Waals surface area contributed by atoms with E-state index in [1.54, 1.807) is 0 Å². The van der Waals surface area contributed by atoms with Gasteiger partial charge >= 0.3 is 60.5 Å². The van der Waals surface area contributed by atoms with Gasteiger partial charge in [-0.3, -0.25) is 0 Å². The van der Waals surface area contributed by atoms with Crippen molar-refractivity contribution in [1.29, 1.82) is 0 Å². The van der Waals surface area contributed by atoms with Gasteiger partial charge in [0.2, 0.25) is 0 Å². The third-order valence-corrected chi connectivity index (χ3v) is 0. The Morgan fingerprint density at radius 1 is 1.33 bits per heavy atom. The van der Waals surface area contributed by atoms with Gasteiger partial charge in [-0.2, -0.15) is 0 Å². The molecule has 0 amide bonds. The molecule has 0 unspecified atom stereocenters. The summed E-state index contributed by atoms with van der Waals surface area (Å²) < 4.78 is 0. The number of hydrogen-bond acceptors (Lipinski definition) is 3. The molecule has 0 rings (SSSR count). The van der Waals surface area contributed by atoms with Crippen LogP contribution < -0.4 is 69.3 Å². The molecule has 0 aliphatic heterocycles. The molecule has 0 aromatic heterocycles. The molecule has 0 N–H and O–H groups in total. The van der Waals surface area contributed by atoms with E-state index in [2.05, 4.69) is 0 Å². The maximum Gasteiger partial charge on any atom is 1.00 e. The van der Waals surface area contributed by atoms with E-state index in [-0.39, 0.29) is 60.5 Å². The minimum atomic E-state index is -2.33. The molecule has 0 heterocycles.